The highest BCUT2D eigenvalue weighted by molar-refractivity contribution is 7.99. The van der Waals surface area contributed by atoms with Gasteiger partial charge in [0.1, 0.15) is 0 Å². The standard InChI is InChI=1S/C19H24N6O2S/c1-13(2)16-20-17(27-23-16)14(3)28-19-22-21-18(24-9-11-26-12-10-24)25(19)15-7-5-4-6-8-15/h4-8,13-14H,9-12H2,1-3H3. The van der Waals surface area contributed by atoms with E-state index in [0.717, 1.165) is 35.7 Å². The quantitative estimate of drug-likeness (QED) is 0.582. The first-order valence-corrected chi connectivity index (χ1v) is 10.3. The van der Waals surface area contributed by atoms with Crippen LogP contribution in [0.1, 0.15) is 43.7 Å². The van der Waals surface area contributed by atoms with Crippen molar-refractivity contribution in [2.75, 3.05) is 31.2 Å². The number of ether oxygens (including phenoxy) is 1. The van der Waals surface area contributed by atoms with Crippen molar-refractivity contribution in [1.29, 1.82) is 0 Å². The maximum Gasteiger partial charge on any atom is 0.239 e. The predicted octanol–water partition coefficient (Wildman–Crippen LogP) is 3.46. The number of aromatic nitrogens is 5. The monoisotopic (exact) mass is 400 g/mol. The van der Waals surface area contributed by atoms with Crippen molar-refractivity contribution in [2.24, 2.45) is 0 Å². The van der Waals surface area contributed by atoms with Gasteiger partial charge in [0.2, 0.25) is 11.8 Å². The van der Waals surface area contributed by atoms with Crippen LogP contribution in [-0.2, 0) is 4.74 Å². The highest BCUT2D eigenvalue weighted by Gasteiger charge is 2.25. The molecule has 28 heavy (non-hydrogen) atoms. The Hall–Kier alpha value is -2.39. The molecule has 1 aromatic carbocycles. The van der Waals surface area contributed by atoms with Crippen LogP contribution in [-0.4, -0.2) is 51.2 Å². The predicted molar refractivity (Wildman–Crippen MR) is 107 cm³/mol. The van der Waals surface area contributed by atoms with Gasteiger partial charge in [-0.05, 0) is 19.1 Å². The fourth-order valence-corrected chi connectivity index (χ4v) is 3.86. The van der Waals surface area contributed by atoms with Gasteiger partial charge in [-0.15, -0.1) is 10.2 Å². The smallest absolute Gasteiger partial charge is 0.239 e. The van der Waals surface area contributed by atoms with Crippen LogP contribution in [0.4, 0.5) is 5.95 Å². The van der Waals surface area contributed by atoms with Crippen LogP contribution in [0.3, 0.4) is 0 Å². The number of anilines is 1. The van der Waals surface area contributed by atoms with E-state index in [1.165, 1.54) is 0 Å². The van der Waals surface area contributed by atoms with Crippen molar-refractivity contribution in [3.8, 4) is 5.69 Å². The zero-order chi connectivity index (χ0) is 19.5. The lowest BCUT2D eigenvalue weighted by Gasteiger charge is -2.28. The largest absolute Gasteiger partial charge is 0.378 e. The second-order valence-corrected chi connectivity index (χ2v) is 8.27. The topological polar surface area (TPSA) is 82.1 Å². The van der Waals surface area contributed by atoms with Crippen LogP contribution in [0.25, 0.3) is 5.69 Å². The number of thioether (sulfide) groups is 1. The third-order valence-corrected chi connectivity index (χ3v) is 5.56. The Balaban J connectivity index is 1.65. The molecule has 1 saturated heterocycles. The Bertz CT molecular complexity index is 904. The fourth-order valence-electron chi connectivity index (χ4n) is 2.97. The van der Waals surface area contributed by atoms with Gasteiger partial charge < -0.3 is 14.2 Å². The van der Waals surface area contributed by atoms with Gasteiger partial charge >= 0.3 is 0 Å². The van der Waals surface area contributed by atoms with Crippen molar-refractivity contribution in [2.45, 2.75) is 37.1 Å². The summed E-state index contributed by atoms with van der Waals surface area (Å²) in [5, 5.41) is 13.8. The molecule has 1 unspecified atom stereocenters. The molecule has 0 N–H and O–H groups in total. The van der Waals surface area contributed by atoms with Crippen LogP contribution < -0.4 is 4.90 Å². The molecule has 0 spiro atoms. The average molecular weight is 401 g/mol. The highest BCUT2D eigenvalue weighted by Crippen LogP contribution is 2.36. The van der Waals surface area contributed by atoms with E-state index in [-0.39, 0.29) is 11.2 Å². The zero-order valence-electron chi connectivity index (χ0n) is 16.3. The van der Waals surface area contributed by atoms with Crippen LogP contribution in [0.5, 0.6) is 0 Å². The van der Waals surface area contributed by atoms with E-state index in [4.69, 9.17) is 9.26 Å². The van der Waals surface area contributed by atoms with Gasteiger partial charge in [0, 0.05) is 19.0 Å². The first kappa shape index (κ1) is 18.9. The molecule has 8 nitrogen and oxygen atoms in total. The van der Waals surface area contributed by atoms with E-state index in [2.05, 4.69) is 41.9 Å². The van der Waals surface area contributed by atoms with Crippen LogP contribution in [0, 0.1) is 0 Å². The molecule has 1 fully saturated rings. The van der Waals surface area contributed by atoms with E-state index in [0.29, 0.717) is 19.1 Å². The summed E-state index contributed by atoms with van der Waals surface area (Å²) in [7, 11) is 0. The van der Waals surface area contributed by atoms with E-state index < -0.39 is 0 Å². The third-order valence-electron chi connectivity index (χ3n) is 4.53. The maximum absolute atomic E-state index is 5.49. The SMILES string of the molecule is CC(C)c1noc(C(C)Sc2nnc(N3CCOCC3)n2-c2ccccc2)n1. The van der Waals surface area contributed by atoms with E-state index in [9.17, 15) is 0 Å². The summed E-state index contributed by atoms with van der Waals surface area (Å²) < 4.78 is 13.0. The second kappa shape index (κ2) is 8.32. The molecular formula is C19H24N6O2S. The van der Waals surface area contributed by atoms with Gasteiger partial charge in [-0.1, -0.05) is 49.0 Å². The molecule has 1 aliphatic rings. The van der Waals surface area contributed by atoms with Crippen LogP contribution in [0.15, 0.2) is 40.0 Å². The summed E-state index contributed by atoms with van der Waals surface area (Å²) in [5.74, 6) is 2.39. The Morgan fingerprint density at radius 3 is 2.46 bits per heavy atom. The lowest BCUT2D eigenvalue weighted by Crippen LogP contribution is -2.37. The molecule has 0 saturated carbocycles. The average Bonchev–Trinajstić information content (AvgIpc) is 3.37. The molecule has 3 heterocycles. The van der Waals surface area contributed by atoms with Crippen molar-refractivity contribution in [3.63, 3.8) is 0 Å². The first-order chi connectivity index (χ1) is 13.6. The van der Waals surface area contributed by atoms with Gasteiger partial charge in [-0.25, -0.2) is 0 Å². The summed E-state index contributed by atoms with van der Waals surface area (Å²) >= 11 is 1.56. The van der Waals surface area contributed by atoms with Crippen LogP contribution in [0.2, 0.25) is 0 Å². The molecule has 4 rings (SSSR count). The summed E-state index contributed by atoms with van der Waals surface area (Å²) in [4.78, 5) is 6.73. The second-order valence-electron chi connectivity index (χ2n) is 6.96. The highest BCUT2D eigenvalue weighted by atomic mass is 32.2. The normalized spacial score (nSPS) is 15.9. The summed E-state index contributed by atoms with van der Waals surface area (Å²) in [6.07, 6.45) is 0. The Kier molecular flexibility index (Phi) is 5.63. The number of para-hydroxylation sites is 1. The first-order valence-electron chi connectivity index (χ1n) is 9.47. The summed E-state index contributed by atoms with van der Waals surface area (Å²) in [6, 6.07) is 10.2. The minimum Gasteiger partial charge on any atom is -0.378 e. The molecular weight excluding hydrogens is 376 g/mol. The van der Waals surface area contributed by atoms with Gasteiger partial charge in [-0.3, -0.25) is 4.57 Å². The molecule has 0 amide bonds. The summed E-state index contributed by atoms with van der Waals surface area (Å²) in [5.41, 5.74) is 1.03. The Morgan fingerprint density at radius 1 is 1.04 bits per heavy atom. The molecule has 3 aromatic rings. The van der Waals surface area contributed by atoms with Gasteiger partial charge in [-0.2, -0.15) is 4.98 Å². The molecule has 2 aromatic heterocycles. The van der Waals surface area contributed by atoms with Gasteiger partial charge in [0.05, 0.1) is 24.2 Å². The Morgan fingerprint density at radius 2 is 1.79 bits per heavy atom. The fraction of sp³-hybridized carbons (Fsp3) is 0.474. The molecule has 0 radical (unpaired) electrons. The molecule has 0 aliphatic carbocycles. The lowest BCUT2D eigenvalue weighted by molar-refractivity contribution is 0.122. The van der Waals surface area contributed by atoms with Crippen molar-refractivity contribution < 1.29 is 9.26 Å². The van der Waals surface area contributed by atoms with Crippen molar-refractivity contribution >= 4 is 17.7 Å². The van der Waals surface area contributed by atoms with Gasteiger partial charge in [0.15, 0.2) is 11.0 Å². The number of rotatable bonds is 6. The number of hydrogen-bond donors (Lipinski definition) is 0. The van der Waals surface area contributed by atoms with Crippen molar-refractivity contribution in [3.05, 3.63) is 42.0 Å². The zero-order valence-corrected chi connectivity index (χ0v) is 17.1. The van der Waals surface area contributed by atoms with E-state index in [1.807, 2.05) is 39.0 Å². The minimum atomic E-state index is -0.0378. The van der Waals surface area contributed by atoms with Crippen molar-refractivity contribution in [1.82, 2.24) is 24.9 Å². The van der Waals surface area contributed by atoms with Gasteiger partial charge in [0.25, 0.3) is 0 Å². The Labute approximate surface area is 168 Å². The van der Waals surface area contributed by atoms with E-state index in [1.54, 1.807) is 11.8 Å². The molecule has 148 valence electrons. The number of benzene rings is 1. The molecule has 0 bridgehead atoms. The number of hydrogen-bond acceptors (Lipinski definition) is 8. The minimum absolute atomic E-state index is 0.0378. The number of nitrogens with zero attached hydrogens (tertiary/aromatic N) is 6. The van der Waals surface area contributed by atoms with Crippen LogP contribution >= 0.6 is 11.8 Å². The molecule has 1 aliphatic heterocycles. The summed E-state index contributed by atoms with van der Waals surface area (Å²) in [6.45, 7) is 9.13. The lowest BCUT2D eigenvalue weighted by atomic mass is 10.2. The maximum atomic E-state index is 5.49. The molecule has 9 heteroatoms. The third kappa shape index (κ3) is 3.90. The molecule has 1 atom stereocenters. The van der Waals surface area contributed by atoms with E-state index >= 15 is 0 Å². The number of morpholine rings is 1.